The van der Waals surface area contributed by atoms with E-state index < -0.39 is 10.8 Å². The Morgan fingerprint density at radius 1 is 1.40 bits per heavy atom. The second kappa shape index (κ2) is 7.43. The molecular weight excluding hydrogens is 330 g/mol. The minimum atomic E-state index is -0.737. The molecule has 0 saturated heterocycles. The van der Waals surface area contributed by atoms with Gasteiger partial charge >= 0.3 is 5.69 Å². The number of nitro groups is 1. The molecule has 0 aliphatic rings. The summed E-state index contributed by atoms with van der Waals surface area (Å²) in [6, 6.07) is 5.07. The number of carbonyl (C=O) groups is 1. The van der Waals surface area contributed by atoms with E-state index in [0.717, 1.165) is 4.68 Å². The van der Waals surface area contributed by atoms with Gasteiger partial charge in [0.25, 0.3) is 5.91 Å². The number of rotatable bonds is 6. The number of benzene rings is 1. The summed E-state index contributed by atoms with van der Waals surface area (Å²) in [5.74, 6) is 0.372. The van der Waals surface area contributed by atoms with Gasteiger partial charge in [-0.3, -0.25) is 19.6 Å². The zero-order valence-corrected chi connectivity index (χ0v) is 14.1. The summed E-state index contributed by atoms with van der Waals surface area (Å²) < 4.78 is 11.5. The molecule has 1 N–H and O–H groups in total. The number of hydrazone groups is 1. The fourth-order valence-corrected chi connectivity index (χ4v) is 2.26. The molecule has 0 fully saturated rings. The second-order valence-corrected chi connectivity index (χ2v) is 4.97. The molecule has 0 aliphatic carbocycles. The standard InChI is InChI=1S/C15H17N5O5/c1-9-13(20(22)23)14(19(2)18-9)15(21)17-16-8-10-5-6-11(24-3)7-12(10)25-4/h5-8H,1-4H3,(H,17,21). The third-order valence-electron chi connectivity index (χ3n) is 3.40. The quantitative estimate of drug-likeness (QED) is 0.479. The molecule has 0 saturated carbocycles. The zero-order valence-electron chi connectivity index (χ0n) is 14.1. The summed E-state index contributed by atoms with van der Waals surface area (Å²) in [4.78, 5) is 22.7. The van der Waals surface area contributed by atoms with E-state index in [1.165, 1.54) is 34.4 Å². The molecule has 10 heteroatoms. The molecule has 10 nitrogen and oxygen atoms in total. The molecule has 0 aliphatic heterocycles. The Kier molecular flexibility index (Phi) is 5.32. The third-order valence-corrected chi connectivity index (χ3v) is 3.40. The first-order chi connectivity index (χ1) is 11.9. The molecule has 0 spiro atoms. The van der Waals surface area contributed by atoms with Crippen LogP contribution in [0, 0.1) is 17.0 Å². The molecule has 2 aromatic rings. The first-order valence-corrected chi connectivity index (χ1v) is 7.12. The van der Waals surface area contributed by atoms with Crippen LogP contribution in [-0.2, 0) is 7.05 Å². The number of hydrogen-bond acceptors (Lipinski definition) is 7. The SMILES string of the molecule is COc1ccc(C=NNC(=O)c2c([N+](=O)[O-])c(C)nn2C)c(OC)c1. The maximum atomic E-state index is 12.2. The average Bonchev–Trinajstić information content (AvgIpc) is 2.89. The Hall–Kier alpha value is -3.43. The number of aromatic nitrogens is 2. The summed E-state index contributed by atoms with van der Waals surface area (Å²) in [5, 5.41) is 18.8. The fourth-order valence-electron chi connectivity index (χ4n) is 2.26. The van der Waals surface area contributed by atoms with Crippen LogP contribution >= 0.6 is 0 Å². The number of methoxy groups -OCH3 is 2. The minimum absolute atomic E-state index is 0.151. The van der Waals surface area contributed by atoms with Crippen LogP contribution in [0.1, 0.15) is 21.7 Å². The highest BCUT2D eigenvalue weighted by Crippen LogP contribution is 2.23. The Bertz CT molecular complexity index is 843. The van der Waals surface area contributed by atoms with Crippen molar-refractivity contribution in [1.82, 2.24) is 15.2 Å². The molecule has 1 aromatic carbocycles. The molecule has 1 aromatic heterocycles. The van der Waals surface area contributed by atoms with Gasteiger partial charge in [0.1, 0.15) is 17.2 Å². The van der Waals surface area contributed by atoms with Crippen molar-refractivity contribution in [1.29, 1.82) is 0 Å². The van der Waals surface area contributed by atoms with E-state index in [2.05, 4.69) is 15.6 Å². The monoisotopic (exact) mass is 347 g/mol. The van der Waals surface area contributed by atoms with E-state index in [1.807, 2.05) is 0 Å². The van der Waals surface area contributed by atoms with Crippen LogP contribution in [0.3, 0.4) is 0 Å². The summed E-state index contributed by atoms with van der Waals surface area (Å²) in [5.41, 5.74) is 2.47. The maximum Gasteiger partial charge on any atom is 0.322 e. The van der Waals surface area contributed by atoms with Crippen LogP contribution in [0.15, 0.2) is 23.3 Å². The van der Waals surface area contributed by atoms with Gasteiger partial charge in [-0.05, 0) is 19.1 Å². The number of amides is 1. The lowest BCUT2D eigenvalue weighted by molar-refractivity contribution is -0.385. The summed E-state index contributed by atoms with van der Waals surface area (Å²) in [7, 11) is 4.48. The van der Waals surface area contributed by atoms with E-state index in [9.17, 15) is 14.9 Å². The van der Waals surface area contributed by atoms with Gasteiger partial charge in [0.2, 0.25) is 5.69 Å². The largest absolute Gasteiger partial charge is 0.497 e. The second-order valence-electron chi connectivity index (χ2n) is 4.97. The zero-order chi connectivity index (χ0) is 18.6. The van der Waals surface area contributed by atoms with Crippen LogP contribution in [-0.4, -0.2) is 41.0 Å². The number of nitrogens with one attached hydrogen (secondary N) is 1. The van der Waals surface area contributed by atoms with Gasteiger partial charge in [0, 0.05) is 18.7 Å². The van der Waals surface area contributed by atoms with Crippen LogP contribution in [0.2, 0.25) is 0 Å². The number of hydrogen-bond donors (Lipinski definition) is 1. The lowest BCUT2D eigenvalue weighted by atomic mass is 10.2. The normalized spacial score (nSPS) is 10.7. The van der Waals surface area contributed by atoms with Crippen molar-refractivity contribution in [2.75, 3.05) is 14.2 Å². The molecule has 0 radical (unpaired) electrons. The maximum absolute atomic E-state index is 12.2. The number of carbonyl (C=O) groups excluding carboxylic acids is 1. The number of nitrogens with zero attached hydrogens (tertiary/aromatic N) is 4. The predicted molar refractivity (Wildman–Crippen MR) is 89.2 cm³/mol. The summed E-state index contributed by atoms with van der Waals surface area (Å²) in [6.07, 6.45) is 1.37. The van der Waals surface area contributed by atoms with E-state index in [4.69, 9.17) is 9.47 Å². The van der Waals surface area contributed by atoms with Crippen molar-refractivity contribution in [2.24, 2.45) is 12.1 Å². The Morgan fingerprint density at radius 3 is 2.72 bits per heavy atom. The van der Waals surface area contributed by atoms with Gasteiger partial charge in [-0.15, -0.1) is 0 Å². The minimum Gasteiger partial charge on any atom is -0.497 e. The Labute approximate surface area is 143 Å². The van der Waals surface area contributed by atoms with Gasteiger partial charge in [-0.1, -0.05) is 0 Å². The van der Waals surface area contributed by atoms with E-state index in [1.54, 1.807) is 18.2 Å². The van der Waals surface area contributed by atoms with Crippen LogP contribution in [0.25, 0.3) is 0 Å². The molecule has 132 valence electrons. The lowest BCUT2D eigenvalue weighted by Crippen LogP contribution is -2.22. The molecule has 25 heavy (non-hydrogen) atoms. The van der Waals surface area contributed by atoms with Crippen molar-refractivity contribution in [2.45, 2.75) is 6.92 Å². The van der Waals surface area contributed by atoms with Crippen molar-refractivity contribution >= 4 is 17.8 Å². The first kappa shape index (κ1) is 17.9. The van der Waals surface area contributed by atoms with Gasteiger partial charge in [0.15, 0.2) is 0 Å². The highest BCUT2D eigenvalue weighted by molar-refractivity contribution is 5.97. The van der Waals surface area contributed by atoms with Gasteiger partial charge < -0.3 is 9.47 Å². The van der Waals surface area contributed by atoms with Crippen molar-refractivity contribution in [3.63, 3.8) is 0 Å². The molecular formula is C15H17N5O5. The fraction of sp³-hybridized carbons (Fsp3) is 0.267. The molecule has 0 bridgehead atoms. The highest BCUT2D eigenvalue weighted by Gasteiger charge is 2.29. The molecule has 2 rings (SSSR count). The molecule has 1 heterocycles. The number of ether oxygens (including phenoxy) is 2. The van der Waals surface area contributed by atoms with Gasteiger partial charge in [-0.2, -0.15) is 10.2 Å². The molecule has 1 amide bonds. The Balaban J connectivity index is 2.21. The van der Waals surface area contributed by atoms with Crippen molar-refractivity contribution in [3.05, 3.63) is 45.3 Å². The lowest BCUT2D eigenvalue weighted by Gasteiger charge is -2.06. The predicted octanol–water partition coefficient (Wildman–Crippen LogP) is 1.42. The molecule has 0 atom stereocenters. The highest BCUT2D eigenvalue weighted by atomic mass is 16.6. The van der Waals surface area contributed by atoms with Crippen molar-refractivity contribution in [3.8, 4) is 11.5 Å². The number of aryl methyl sites for hydroxylation is 2. The Morgan fingerprint density at radius 2 is 2.12 bits per heavy atom. The van der Waals surface area contributed by atoms with E-state index >= 15 is 0 Å². The van der Waals surface area contributed by atoms with Gasteiger partial charge in [0.05, 0.1) is 25.4 Å². The van der Waals surface area contributed by atoms with Gasteiger partial charge in [-0.25, -0.2) is 5.43 Å². The third kappa shape index (κ3) is 3.74. The van der Waals surface area contributed by atoms with Crippen LogP contribution in [0.4, 0.5) is 5.69 Å². The van der Waals surface area contributed by atoms with Crippen molar-refractivity contribution < 1.29 is 19.2 Å². The molecule has 0 unspecified atom stereocenters. The summed E-state index contributed by atoms with van der Waals surface area (Å²) in [6.45, 7) is 1.46. The topological polar surface area (TPSA) is 121 Å². The van der Waals surface area contributed by atoms with E-state index in [-0.39, 0.29) is 17.1 Å². The van der Waals surface area contributed by atoms with Crippen LogP contribution in [0.5, 0.6) is 11.5 Å². The first-order valence-electron chi connectivity index (χ1n) is 7.12. The van der Waals surface area contributed by atoms with Crippen LogP contribution < -0.4 is 14.9 Å². The smallest absolute Gasteiger partial charge is 0.322 e. The summed E-state index contributed by atoms with van der Waals surface area (Å²) >= 11 is 0. The average molecular weight is 347 g/mol. The van der Waals surface area contributed by atoms with E-state index in [0.29, 0.717) is 17.1 Å².